The second-order valence-corrected chi connectivity index (χ2v) is 3.00. The van der Waals surface area contributed by atoms with E-state index in [0.29, 0.717) is 5.92 Å². The highest BCUT2D eigenvalue weighted by atomic mass is 16.3. The SMILES string of the molecule is OCC#CC1CCCC(O)C1. The third-order valence-electron chi connectivity index (χ3n) is 2.03. The topological polar surface area (TPSA) is 40.5 Å². The first-order valence-corrected chi connectivity index (χ1v) is 4.10. The molecule has 0 bridgehead atoms. The highest BCUT2D eigenvalue weighted by molar-refractivity contribution is 5.04. The van der Waals surface area contributed by atoms with E-state index >= 15 is 0 Å². The lowest BCUT2D eigenvalue weighted by atomic mass is 9.88. The lowest BCUT2D eigenvalue weighted by molar-refractivity contribution is 0.115. The maximum atomic E-state index is 9.25. The minimum absolute atomic E-state index is 0.0629. The molecule has 0 aromatic heterocycles. The third-order valence-corrected chi connectivity index (χ3v) is 2.03. The summed E-state index contributed by atoms with van der Waals surface area (Å²) < 4.78 is 0. The summed E-state index contributed by atoms with van der Waals surface area (Å²) in [6.45, 7) is -0.0629. The first kappa shape index (κ1) is 8.58. The van der Waals surface area contributed by atoms with Gasteiger partial charge >= 0.3 is 0 Å². The van der Waals surface area contributed by atoms with Crippen LogP contribution < -0.4 is 0 Å². The maximum absolute atomic E-state index is 9.25. The van der Waals surface area contributed by atoms with Gasteiger partial charge in [-0.05, 0) is 25.7 Å². The molecule has 0 amide bonds. The van der Waals surface area contributed by atoms with E-state index in [1.54, 1.807) is 0 Å². The number of aliphatic hydroxyl groups excluding tert-OH is 2. The van der Waals surface area contributed by atoms with Gasteiger partial charge in [0.15, 0.2) is 0 Å². The molecule has 0 spiro atoms. The van der Waals surface area contributed by atoms with Gasteiger partial charge < -0.3 is 10.2 Å². The fourth-order valence-electron chi connectivity index (χ4n) is 1.49. The van der Waals surface area contributed by atoms with Crippen molar-refractivity contribution in [3.05, 3.63) is 0 Å². The summed E-state index contributed by atoms with van der Waals surface area (Å²) in [7, 11) is 0. The molecule has 1 saturated carbocycles. The molecular weight excluding hydrogens is 140 g/mol. The van der Waals surface area contributed by atoms with Crippen LogP contribution in [-0.2, 0) is 0 Å². The smallest absolute Gasteiger partial charge is 0.104 e. The second kappa shape index (κ2) is 4.38. The zero-order valence-electron chi connectivity index (χ0n) is 6.58. The lowest BCUT2D eigenvalue weighted by Crippen LogP contribution is -2.18. The van der Waals surface area contributed by atoms with Crippen molar-refractivity contribution in [2.24, 2.45) is 5.92 Å². The van der Waals surface area contributed by atoms with Crippen molar-refractivity contribution in [1.29, 1.82) is 0 Å². The van der Waals surface area contributed by atoms with Crippen LogP contribution in [0.3, 0.4) is 0 Å². The van der Waals surface area contributed by atoms with Crippen molar-refractivity contribution < 1.29 is 10.2 Å². The third kappa shape index (κ3) is 2.92. The molecule has 0 heterocycles. The Morgan fingerprint density at radius 1 is 1.36 bits per heavy atom. The van der Waals surface area contributed by atoms with Gasteiger partial charge in [-0.3, -0.25) is 0 Å². The van der Waals surface area contributed by atoms with E-state index in [2.05, 4.69) is 11.8 Å². The number of aliphatic hydroxyl groups is 2. The summed E-state index contributed by atoms with van der Waals surface area (Å²) in [5, 5.41) is 17.7. The predicted molar refractivity (Wildman–Crippen MR) is 42.8 cm³/mol. The van der Waals surface area contributed by atoms with Gasteiger partial charge in [-0.2, -0.15) is 0 Å². The minimum atomic E-state index is -0.165. The zero-order chi connectivity index (χ0) is 8.10. The van der Waals surface area contributed by atoms with Crippen LogP contribution in [0.25, 0.3) is 0 Å². The Kier molecular flexibility index (Phi) is 3.41. The Hall–Kier alpha value is -0.520. The van der Waals surface area contributed by atoms with Crippen LogP contribution in [0, 0.1) is 17.8 Å². The molecule has 2 N–H and O–H groups in total. The van der Waals surface area contributed by atoms with E-state index < -0.39 is 0 Å². The van der Waals surface area contributed by atoms with Crippen molar-refractivity contribution in [2.45, 2.75) is 31.8 Å². The molecule has 1 fully saturated rings. The Labute approximate surface area is 67.2 Å². The van der Waals surface area contributed by atoms with Crippen LogP contribution in [0.5, 0.6) is 0 Å². The first-order valence-electron chi connectivity index (χ1n) is 4.10. The van der Waals surface area contributed by atoms with E-state index in [0.717, 1.165) is 25.7 Å². The summed E-state index contributed by atoms with van der Waals surface area (Å²) >= 11 is 0. The van der Waals surface area contributed by atoms with Gasteiger partial charge in [0, 0.05) is 5.92 Å². The molecule has 2 atom stereocenters. The molecule has 62 valence electrons. The molecular formula is C9H14O2. The van der Waals surface area contributed by atoms with Gasteiger partial charge in [0.2, 0.25) is 0 Å². The molecule has 0 aromatic rings. The monoisotopic (exact) mass is 154 g/mol. The largest absolute Gasteiger partial charge is 0.393 e. The van der Waals surface area contributed by atoms with Crippen LogP contribution in [0.15, 0.2) is 0 Å². The van der Waals surface area contributed by atoms with Crippen LogP contribution in [0.4, 0.5) is 0 Å². The van der Waals surface area contributed by atoms with Gasteiger partial charge in [-0.1, -0.05) is 11.8 Å². The van der Waals surface area contributed by atoms with Gasteiger partial charge in [0.1, 0.15) is 6.61 Å². The summed E-state index contributed by atoms with van der Waals surface area (Å²) in [5.74, 6) is 5.89. The van der Waals surface area contributed by atoms with E-state index in [9.17, 15) is 5.11 Å². The van der Waals surface area contributed by atoms with E-state index in [4.69, 9.17) is 5.11 Å². The van der Waals surface area contributed by atoms with Crippen LogP contribution in [-0.4, -0.2) is 22.9 Å². The fraction of sp³-hybridized carbons (Fsp3) is 0.778. The van der Waals surface area contributed by atoms with E-state index in [1.807, 2.05) is 0 Å². The van der Waals surface area contributed by atoms with Crippen molar-refractivity contribution in [2.75, 3.05) is 6.61 Å². The molecule has 0 radical (unpaired) electrons. The van der Waals surface area contributed by atoms with Crippen LogP contribution in [0.2, 0.25) is 0 Å². The van der Waals surface area contributed by atoms with E-state index in [-0.39, 0.29) is 12.7 Å². The fourth-order valence-corrected chi connectivity index (χ4v) is 1.49. The number of hydrogen-bond donors (Lipinski definition) is 2. The molecule has 0 aliphatic heterocycles. The predicted octanol–water partition coefficient (Wildman–Crippen LogP) is 0.533. The van der Waals surface area contributed by atoms with Crippen molar-refractivity contribution in [3.63, 3.8) is 0 Å². The van der Waals surface area contributed by atoms with Gasteiger partial charge in [-0.25, -0.2) is 0 Å². The molecule has 2 heteroatoms. The van der Waals surface area contributed by atoms with Gasteiger partial charge in [0.05, 0.1) is 6.10 Å². The van der Waals surface area contributed by atoms with Crippen LogP contribution >= 0.6 is 0 Å². The number of hydrogen-bond acceptors (Lipinski definition) is 2. The molecule has 2 unspecified atom stereocenters. The quantitative estimate of drug-likeness (QED) is 0.500. The average Bonchev–Trinajstić information content (AvgIpc) is 2.01. The second-order valence-electron chi connectivity index (χ2n) is 3.00. The van der Waals surface area contributed by atoms with Gasteiger partial charge in [0.25, 0.3) is 0 Å². The maximum Gasteiger partial charge on any atom is 0.104 e. The zero-order valence-corrected chi connectivity index (χ0v) is 6.58. The summed E-state index contributed by atoms with van der Waals surface area (Å²) in [6.07, 6.45) is 3.67. The van der Waals surface area contributed by atoms with Crippen molar-refractivity contribution >= 4 is 0 Å². The highest BCUT2D eigenvalue weighted by Crippen LogP contribution is 2.23. The molecule has 11 heavy (non-hydrogen) atoms. The average molecular weight is 154 g/mol. The number of rotatable bonds is 0. The Balaban J connectivity index is 2.34. The lowest BCUT2D eigenvalue weighted by Gasteiger charge is -2.21. The normalized spacial score (nSPS) is 30.7. The Morgan fingerprint density at radius 3 is 2.82 bits per heavy atom. The van der Waals surface area contributed by atoms with Gasteiger partial charge in [-0.15, -0.1) is 0 Å². The minimum Gasteiger partial charge on any atom is -0.393 e. The molecule has 1 aliphatic rings. The standard InChI is InChI=1S/C9H14O2/c10-6-2-4-8-3-1-5-9(11)7-8/h8-11H,1,3,5-7H2. The Morgan fingerprint density at radius 2 is 2.18 bits per heavy atom. The van der Waals surface area contributed by atoms with Crippen molar-refractivity contribution in [1.82, 2.24) is 0 Å². The molecule has 0 aromatic carbocycles. The van der Waals surface area contributed by atoms with E-state index in [1.165, 1.54) is 0 Å². The molecule has 1 aliphatic carbocycles. The first-order chi connectivity index (χ1) is 5.33. The summed E-state index contributed by atoms with van der Waals surface area (Å²) in [4.78, 5) is 0. The summed E-state index contributed by atoms with van der Waals surface area (Å²) in [6, 6.07) is 0. The van der Waals surface area contributed by atoms with Crippen molar-refractivity contribution in [3.8, 4) is 11.8 Å². The highest BCUT2D eigenvalue weighted by Gasteiger charge is 2.17. The molecule has 2 nitrogen and oxygen atoms in total. The van der Waals surface area contributed by atoms with Crippen LogP contribution in [0.1, 0.15) is 25.7 Å². The molecule has 1 rings (SSSR count). The molecule has 0 saturated heterocycles. The Bertz CT molecular complexity index is 166. The summed E-state index contributed by atoms with van der Waals surface area (Å²) in [5.41, 5.74) is 0.